The first-order valence-electron chi connectivity index (χ1n) is 8.30. The van der Waals surface area contributed by atoms with E-state index in [2.05, 4.69) is 15.3 Å². The minimum absolute atomic E-state index is 0.121. The zero-order valence-electron chi connectivity index (χ0n) is 14.9. The lowest BCUT2D eigenvalue weighted by molar-refractivity contribution is -0.141. The third-order valence-electron chi connectivity index (χ3n) is 4.26. The number of anilines is 2. The van der Waals surface area contributed by atoms with Crippen molar-refractivity contribution in [3.8, 4) is 0 Å². The first-order chi connectivity index (χ1) is 11.6. The molecular weight excluding hydrogens is 335 g/mol. The summed E-state index contributed by atoms with van der Waals surface area (Å²) in [6.07, 6.45) is -1.63. The normalized spacial score (nSPS) is 19.5. The largest absolute Gasteiger partial charge is 0.433 e. The number of hydrogen-bond acceptors (Lipinski definition) is 5. The Hall–Kier alpha value is -2.06. The number of carbonyl (C=O) groups excluding carboxylic acids is 1. The molecule has 1 aromatic heterocycles. The van der Waals surface area contributed by atoms with Gasteiger partial charge in [0.05, 0.1) is 0 Å². The third kappa shape index (κ3) is 4.73. The van der Waals surface area contributed by atoms with Crippen molar-refractivity contribution < 1.29 is 18.0 Å². The van der Waals surface area contributed by atoms with Gasteiger partial charge >= 0.3 is 6.18 Å². The number of amides is 1. The topological polar surface area (TPSA) is 61.4 Å². The molecule has 0 radical (unpaired) electrons. The summed E-state index contributed by atoms with van der Waals surface area (Å²) in [6, 6.07) is 0.300. The van der Waals surface area contributed by atoms with E-state index in [0.29, 0.717) is 6.54 Å². The van der Waals surface area contributed by atoms with Gasteiger partial charge in [0.25, 0.3) is 0 Å². The van der Waals surface area contributed by atoms with Crippen LogP contribution in [-0.4, -0.2) is 53.5 Å². The van der Waals surface area contributed by atoms with Gasteiger partial charge in [-0.05, 0) is 33.1 Å². The molecule has 6 nitrogen and oxygen atoms in total. The lowest BCUT2D eigenvalue weighted by Gasteiger charge is -2.35. The Morgan fingerprint density at radius 2 is 2.04 bits per heavy atom. The van der Waals surface area contributed by atoms with Crippen molar-refractivity contribution in [3.05, 3.63) is 11.8 Å². The summed E-state index contributed by atoms with van der Waals surface area (Å²) >= 11 is 0. The minimum atomic E-state index is -4.58. The molecule has 2 heterocycles. The van der Waals surface area contributed by atoms with Gasteiger partial charge in [-0.2, -0.15) is 18.2 Å². The lowest BCUT2D eigenvalue weighted by Crippen LogP contribution is -2.48. The molecule has 2 unspecified atom stereocenters. The Morgan fingerprint density at radius 3 is 2.60 bits per heavy atom. The van der Waals surface area contributed by atoms with Crippen molar-refractivity contribution in [2.75, 3.05) is 30.9 Å². The van der Waals surface area contributed by atoms with Crippen LogP contribution in [0.25, 0.3) is 0 Å². The van der Waals surface area contributed by atoms with E-state index in [0.717, 1.165) is 25.3 Å². The van der Waals surface area contributed by atoms with E-state index in [1.54, 1.807) is 25.9 Å². The van der Waals surface area contributed by atoms with E-state index in [1.807, 2.05) is 6.92 Å². The molecule has 1 N–H and O–H groups in total. The number of aromatic nitrogens is 2. The number of hydrogen-bond donors (Lipinski definition) is 1. The quantitative estimate of drug-likeness (QED) is 0.896. The fraction of sp³-hybridized carbons (Fsp3) is 0.688. The monoisotopic (exact) mass is 359 g/mol. The highest BCUT2D eigenvalue weighted by Gasteiger charge is 2.34. The molecule has 0 bridgehead atoms. The van der Waals surface area contributed by atoms with E-state index in [-0.39, 0.29) is 23.7 Å². The molecular formula is C16H24F3N5O. The molecule has 1 aliphatic rings. The summed E-state index contributed by atoms with van der Waals surface area (Å²) in [5.74, 6) is -0.237. The van der Waals surface area contributed by atoms with Crippen LogP contribution in [0.1, 0.15) is 38.8 Å². The van der Waals surface area contributed by atoms with Crippen LogP contribution in [0.2, 0.25) is 0 Å². The highest BCUT2D eigenvalue weighted by Crippen LogP contribution is 2.30. The van der Waals surface area contributed by atoms with Crippen molar-refractivity contribution in [3.63, 3.8) is 0 Å². The van der Waals surface area contributed by atoms with Crippen LogP contribution in [0.5, 0.6) is 0 Å². The molecule has 0 aliphatic carbocycles. The van der Waals surface area contributed by atoms with Crippen LogP contribution in [0.4, 0.5) is 24.9 Å². The predicted molar refractivity (Wildman–Crippen MR) is 89.5 cm³/mol. The van der Waals surface area contributed by atoms with E-state index in [4.69, 9.17) is 0 Å². The SMILES string of the molecule is CC(Nc1nc(N(C)C)cc(C(F)(F)F)n1)C(=O)N1CCCCC1C. The summed E-state index contributed by atoms with van der Waals surface area (Å²) in [5, 5.41) is 2.73. The highest BCUT2D eigenvalue weighted by atomic mass is 19.4. The van der Waals surface area contributed by atoms with Crippen LogP contribution in [0.15, 0.2) is 6.07 Å². The van der Waals surface area contributed by atoms with Crippen LogP contribution >= 0.6 is 0 Å². The van der Waals surface area contributed by atoms with Gasteiger partial charge in [0.15, 0.2) is 5.69 Å². The molecule has 0 aromatic carbocycles. The van der Waals surface area contributed by atoms with Gasteiger partial charge in [0.1, 0.15) is 11.9 Å². The van der Waals surface area contributed by atoms with Gasteiger partial charge < -0.3 is 15.1 Å². The Bertz CT molecular complexity index is 620. The molecule has 1 amide bonds. The van der Waals surface area contributed by atoms with E-state index < -0.39 is 17.9 Å². The van der Waals surface area contributed by atoms with Crippen molar-refractivity contribution in [2.45, 2.75) is 51.4 Å². The summed E-state index contributed by atoms with van der Waals surface area (Å²) in [7, 11) is 3.19. The summed E-state index contributed by atoms with van der Waals surface area (Å²) in [5.41, 5.74) is -1.04. The number of rotatable bonds is 4. The van der Waals surface area contributed by atoms with Gasteiger partial charge in [0, 0.05) is 32.7 Å². The molecule has 0 spiro atoms. The van der Waals surface area contributed by atoms with Crippen molar-refractivity contribution >= 4 is 17.7 Å². The van der Waals surface area contributed by atoms with Gasteiger partial charge in [-0.15, -0.1) is 0 Å². The highest BCUT2D eigenvalue weighted by molar-refractivity contribution is 5.84. The molecule has 2 atom stereocenters. The second-order valence-corrected chi connectivity index (χ2v) is 6.57. The smallest absolute Gasteiger partial charge is 0.363 e. The predicted octanol–water partition coefficient (Wildman–Crippen LogP) is 2.76. The number of piperidine rings is 1. The number of carbonyl (C=O) groups is 1. The summed E-state index contributed by atoms with van der Waals surface area (Å²) in [4.78, 5) is 23.4. The maximum absolute atomic E-state index is 13.0. The Labute approximate surface area is 145 Å². The number of halogens is 3. The van der Waals surface area contributed by atoms with Crippen molar-refractivity contribution in [1.29, 1.82) is 0 Å². The number of nitrogens with one attached hydrogen (secondary N) is 1. The molecule has 1 aliphatic heterocycles. The van der Waals surface area contributed by atoms with E-state index >= 15 is 0 Å². The minimum Gasteiger partial charge on any atom is -0.363 e. The van der Waals surface area contributed by atoms with Gasteiger partial charge in [-0.25, -0.2) is 4.98 Å². The maximum atomic E-state index is 13.0. The van der Waals surface area contributed by atoms with Crippen molar-refractivity contribution in [1.82, 2.24) is 14.9 Å². The zero-order valence-corrected chi connectivity index (χ0v) is 14.9. The molecule has 25 heavy (non-hydrogen) atoms. The molecule has 0 saturated carbocycles. The molecule has 1 fully saturated rings. The fourth-order valence-electron chi connectivity index (χ4n) is 2.80. The van der Waals surface area contributed by atoms with E-state index in [1.165, 1.54) is 4.90 Å². The first-order valence-corrected chi connectivity index (χ1v) is 8.30. The molecule has 1 saturated heterocycles. The van der Waals surface area contributed by atoms with Crippen LogP contribution in [0, 0.1) is 0 Å². The van der Waals surface area contributed by atoms with Crippen LogP contribution in [0.3, 0.4) is 0 Å². The van der Waals surface area contributed by atoms with Crippen LogP contribution < -0.4 is 10.2 Å². The number of alkyl halides is 3. The average molecular weight is 359 g/mol. The standard InChI is InChI=1S/C16H24F3N5O/c1-10-7-5-6-8-24(10)14(25)11(2)20-15-21-12(16(17,18)19)9-13(22-15)23(3)4/h9-11H,5-8H2,1-4H3,(H,20,21,22). The Kier molecular flexibility index (Phi) is 5.74. The molecule has 2 rings (SSSR count). The van der Waals surface area contributed by atoms with Gasteiger partial charge in [-0.3, -0.25) is 4.79 Å². The van der Waals surface area contributed by atoms with Gasteiger partial charge in [-0.1, -0.05) is 0 Å². The number of nitrogens with zero attached hydrogens (tertiary/aromatic N) is 4. The summed E-state index contributed by atoms with van der Waals surface area (Å²) < 4.78 is 39.1. The lowest BCUT2D eigenvalue weighted by atomic mass is 10.0. The molecule has 1 aromatic rings. The summed E-state index contributed by atoms with van der Waals surface area (Å²) in [6.45, 7) is 4.26. The van der Waals surface area contributed by atoms with E-state index in [9.17, 15) is 18.0 Å². The Morgan fingerprint density at radius 1 is 1.36 bits per heavy atom. The molecule has 140 valence electrons. The second-order valence-electron chi connectivity index (χ2n) is 6.57. The molecule has 9 heteroatoms. The second kappa shape index (κ2) is 7.45. The maximum Gasteiger partial charge on any atom is 0.433 e. The number of likely N-dealkylation sites (tertiary alicyclic amines) is 1. The fourth-order valence-corrected chi connectivity index (χ4v) is 2.80. The average Bonchev–Trinajstić information content (AvgIpc) is 2.53. The third-order valence-corrected chi connectivity index (χ3v) is 4.26. The van der Waals surface area contributed by atoms with Crippen molar-refractivity contribution in [2.24, 2.45) is 0 Å². The van der Waals surface area contributed by atoms with Gasteiger partial charge in [0.2, 0.25) is 11.9 Å². The van der Waals surface area contributed by atoms with Crippen LogP contribution in [-0.2, 0) is 11.0 Å². The zero-order chi connectivity index (χ0) is 18.8. The Balaban J connectivity index is 2.20. The first kappa shape index (κ1) is 19.3.